The number of rotatable bonds is 11. The Morgan fingerprint density at radius 1 is 1.29 bits per heavy atom. The Morgan fingerprint density at radius 2 is 2.04 bits per heavy atom. The van der Waals surface area contributed by atoms with Crippen LogP contribution in [0.4, 0.5) is 0 Å². The summed E-state index contributed by atoms with van der Waals surface area (Å²) in [7, 11) is 3.77. The van der Waals surface area contributed by atoms with Gasteiger partial charge in [-0.2, -0.15) is 11.8 Å². The van der Waals surface area contributed by atoms with Crippen molar-refractivity contribution in [2.24, 2.45) is 17.5 Å². The highest BCUT2D eigenvalue weighted by Gasteiger charge is 2.33. The topological polar surface area (TPSA) is 76.4 Å². The Morgan fingerprint density at radius 3 is 2.64 bits per heavy atom. The fourth-order valence-corrected chi connectivity index (χ4v) is 4.00. The SMILES string of the molecule is COCCC1(CNC(=NCc2nnc(C)n2C)NCCCSC)CCCC1.I. The second-order valence-corrected chi connectivity index (χ2v) is 8.45. The van der Waals surface area contributed by atoms with Gasteiger partial charge >= 0.3 is 0 Å². The predicted octanol–water partition coefficient (Wildman–Crippen LogP) is 3.13. The number of aryl methyl sites for hydroxylation is 1. The van der Waals surface area contributed by atoms with Gasteiger partial charge in [0.1, 0.15) is 12.4 Å². The zero-order valence-electron chi connectivity index (χ0n) is 17.8. The molecule has 1 aromatic rings. The minimum Gasteiger partial charge on any atom is -0.385 e. The Hall–Kier alpha value is -0.550. The van der Waals surface area contributed by atoms with Crippen LogP contribution in [0.15, 0.2) is 4.99 Å². The van der Waals surface area contributed by atoms with Gasteiger partial charge in [-0.05, 0) is 50.0 Å². The largest absolute Gasteiger partial charge is 0.385 e. The molecule has 1 aliphatic rings. The molecule has 1 heterocycles. The van der Waals surface area contributed by atoms with Crippen molar-refractivity contribution in [3.63, 3.8) is 0 Å². The molecule has 2 N–H and O–H groups in total. The van der Waals surface area contributed by atoms with Crippen LogP contribution in [0, 0.1) is 12.3 Å². The molecule has 0 unspecified atom stereocenters. The van der Waals surface area contributed by atoms with Gasteiger partial charge in [-0.25, -0.2) is 4.99 Å². The van der Waals surface area contributed by atoms with Crippen LogP contribution in [0.5, 0.6) is 0 Å². The molecule has 0 aliphatic heterocycles. The third kappa shape index (κ3) is 8.06. The molecule has 0 radical (unpaired) electrons. The first-order valence-electron chi connectivity index (χ1n) is 9.95. The van der Waals surface area contributed by atoms with E-state index in [1.165, 1.54) is 25.7 Å². The quantitative estimate of drug-likeness (QED) is 0.201. The standard InChI is InChI=1S/C19H36N6OS.HI/c1-16-23-24-17(25(16)2)14-21-18(20-11-7-13-27-4)22-15-19(10-12-26-3)8-5-6-9-19;/h5-15H2,1-4H3,(H2,20,21,22);1H. The minimum absolute atomic E-state index is 0. The first kappa shape index (κ1) is 25.5. The molecular formula is C19H37IN6OS. The first-order valence-corrected chi connectivity index (χ1v) is 11.3. The van der Waals surface area contributed by atoms with Crippen molar-refractivity contribution in [2.75, 3.05) is 38.8 Å². The van der Waals surface area contributed by atoms with Gasteiger partial charge in [-0.1, -0.05) is 12.8 Å². The van der Waals surface area contributed by atoms with Gasteiger partial charge in [0.2, 0.25) is 0 Å². The fourth-order valence-electron chi connectivity index (χ4n) is 3.57. The smallest absolute Gasteiger partial charge is 0.191 e. The van der Waals surface area contributed by atoms with E-state index in [9.17, 15) is 0 Å². The van der Waals surface area contributed by atoms with Crippen LogP contribution in [-0.2, 0) is 18.3 Å². The number of ether oxygens (including phenoxy) is 1. The van der Waals surface area contributed by atoms with Gasteiger partial charge < -0.3 is 19.9 Å². The molecular weight excluding hydrogens is 487 g/mol. The molecule has 162 valence electrons. The molecule has 1 aliphatic carbocycles. The van der Waals surface area contributed by atoms with Gasteiger partial charge in [0.25, 0.3) is 0 Å². The van der Waals surface area contributed by atoms with E-state index in [0.717, 1.165) is 55.9 Å². The molecule has 1 saturated carbocycles. The zero-order valence-corrected chi connectivity index (χ0v) is 20.9. The van der Waals surface area contributed by atoms with Gasteiger partial charge in [-0.3, -0.25) is 0 Å². The third-order valence-electron chi connectivity index (χ3n) is 5.51. The van der Waals surface area contributed by atoms with Crippen molar-refractivity contribution >= 4 is 41.7 Å². The lowest BCUT2D eigenvalue weighted by atomic mass is 9.83. The summed E-state index contributed by atoms with van der Waals surface area (Å²) < 4.78 is 7.35. The number of hydrogen-bond donors (Lipinski definition) is 2. The van der Waals surface area contributed by atoms with Crippen LogP contribution in [0.3, 0.4) is 0 Å². The third-order valence-corrected chi connectivity index (χ3v) is 6.21. The fraction of sp³-hybridized carbons (Fsp3) is 0.842. The number of nitrogens with zero attached hydrogens (tertiary/aromatic N) is 4. The molecule has 0 aromatic carbocycles. The van der Waals surface area contributed by atoms with E-state index in [1.807, 2.05) is 30.3 Å². The number of halogens is 1. The maximum Gasteiger partial charge on any atom is 0.191 e. The lowest BCUT2D eigenvalue weighted by molar-refractivity contribution is 0.138. The predicted molar refractivity (Wildman–Crippen MR) is 129 cm³/mol. The lowest BCUT2D eigenvalue weighted by Gasteiger charge is -2.30. The number of guanidine groups is 1. The average molecular weight is 525 g/mol. The van der Waals surface area contributed by atoms with Crippen LogP contribution in [0.1, 0.15) is 50.2 Å². The van der Waals surface area contributed by atoms with Crippen molar-refractivity contribution in [1.29, 1.82) is 0 Å². The van der Waals surface area contributed by atoms with Crippen LogP contribution < -0.4 is 10.6 Å². The first-order chi connectivity index (χ1) is 13.1. The van der Waals surface area contributed by atoms with E-state index < -0.39 is 0 Å². The van der Waals surface area contributed by atoms with E-state index in [1.54, 1.807) is 7.11 Å². The summed E-state index contributed by atoms with van der Waals surface area (Å²) in [5, 5.41) is 15.4. The number of thioether (sulfide) groups is 1. The zero-order chi connectivity index (χ0) is 19.5. The van der Waals surface area contributed by atoms with E-state index in [4.69, 9.17) is 9.73 Å². The van der Waals surface area contributed by atoms with E-state index >= 15 is 0 Å². The summed E-state index contributed by atoms with van der Waals surface area (Å²) in [6, 6.07) is 0. The van der Waals surface area contributed by atoms with Crippen LogP contribution >= 0.6 is 35.7 Å². The van der Waals surface area contributed by atoms with Gasteiger partial charge in [0.05, 0.1) is 0 Å². The van der Waals surface area contributed by atoms with Crippen molar-refractivity contribution in [1.82, 2.24) is 25.4 Å². The van der Waals surface area contributed by atoms with Crippen LogP contribution in [0.25, 0.3) is 0 Å². The number of methoxy groups -OCH3 is 1. The molecule has 0 amide bonds. The second kappa shape index (κ2) is 13.6. The van der Waals surface area contributed by atoms with Crippen molar-refractivity contribution in [3.05, 3.63) is 11.6 Å². The minimum atomic E-state index is 0. The highest BCUT2D eigenvalue weighted by molar-refractivity contribution is 14.0. The summed E-state index contributed by atoms with van der Waals surface area (Å²) in [6.45, 7) is 5.19. The maximum absolute atomic E-state index is 5.35. The molecule has 28 heavy (non-hydrogen) atoms. The molecule has 0 bridgehead atoms. The van der Waals surface area contributed by atoms with Crippen LogP contribution in [0.2, 0.25) is 0 Å². The normalized spacial score (nSPS) is 16.1. The molecule has 9 heteroatoms. The van der Waals surface area contributed by atoms with Gasteiger partial charge in [-0.15, -0.1) is 34.2 Å². The molecule has 0 saturated heterocycles. The summed E-state index contributed by atoms with van der Waals surface area (Å²) in [4.78, 5) is 4.77. The molecule has 1 fully saturated rings. The number of aliphatic imine (C=N–C) groups is 1. The summed E-state index contributed by atoms with van der Waals surface area (Å²) in [5.41, 5.74) is 0.332. The van der Waals surface area contributed by atoms with Gasteiger partial charge in [0.15, 0.2) is 11.8 Å². The average Bonchev–Trinajstić information content (AvgIpc) is 3.27. The molecule has 0 atom stereocenters. The number of aromatic nitrogens is 3. The second-order valence-electron chi connectivity index (χ2n) is 7.46. The lowest BCUT2D eigenvalue weighted by Crippen LogP contribution is -2.43. The Kier molecular flexibility index (Phi) is 12.4. The van der Waals surface area contributed by atoms with E-state index in [2.05, 4.69) is 27.1 Å². The molecule has 0 spiro atoms. The van der Waals surface area contributed by atoms with E-state index in [-0.39, 0.29) is 24.0 Å². The summed E-state index contributed by atoms with van der Waals surface area (Å²) >= 11 is 1.87. The monoisotopic (exact) mass is 524 g/mol. The Labute approximate surface area is 191 Å². The number of nitrogens with one attached hydrogen (secondary N) is 2. The number of hydrogen-bond acceptors (Lipinski definition) is 5. The van der Waals surface area contributed by atoms with E-state index in [0.29, 0.717) is 12.0 Å². The highest BCUT2D eigenvalue weighted by atomic mass is 127. The molecule has 7 nitrogen and oxygen atoms in total. The Bertz CT molecular complexity index is 589. The van der Waals surface area contributed by atoms with Crippen molar-refractivity contribution < 1.29 is 4.74 Å². The Balaban J connectivity index is 0.00000392. The molecule has 2 rings (SSSR count). The summed E-state index contributed by atoms with van der Waals surface area (Å²) in [6.07, 6.45) is 9.55. The van der Waals surface area contributed by atoms with Crippen molar-refractivity contribution in [2.45, 2.75) is 52.0 Å². The maximum atomic E-state index is 5.35. The molecule has 1 aromatic heterocycles. The van der Waals surface area contributed by atoms with Crippen molar-refractivity contribution in [3.8, 4) is 0 Å². The summed E-state index contributed by atoms with van der Waals surface area (Å²) in [5.74, 6) is 3.82. The van der Waals surface area contributed by atoms with Crippen LogP contribution in [-0.4, -0.2) is 59.5 Å². The highest BCUT2D eigenvalue weighted by Crippen LogP contribution is 2.40. The van der Waals surface area contributed by atoms with Gasteiger partial charge in [0, 0.05) is 33.9 Å².